The van der Waals surface area contributed by atoms with Gasteiger partial charge in [0.25, 0.3) is 0 Å². The Kier molecular flexibility index (Phi) is 9.30. The van der Waals surface area contributed by atoms with E-state index in [4.69, 9.17) is 10.5 Å². The number of fused-ring (bicyclic) bond motifs is 1. The van der Waals surface area contributed by atoms with E-state index in [1.807, 2.05) is 44.2 Å². The van der Waals surface area contributed by atoms with Crippen LogP contribution in [0.25, 0.3) is 0 Å². The van der Waals surface area contributed by atoms with E-state index < -0.39 is 22.2 Å². The third kappa shape index (κ3) is 6.55. The zero-order valence-electron chi connectivity index (χ0n) is 23.6. The minimum absolute atomic E-state index is 0.0222. The van der Waals surface area contributed by atoms with Gasteiger partial charge in [0, 0.05) is 31.6 Å². The molecule has 0 bridgehead atoms. The predicted octanol–water partition coefficient (Wildman–Crippen LogP) is 2.49. The minimum atomic E-state index is -3.92. The Bertz CT molecular complexity index is 1440. The molecule has 0 saturated heterocycles. The maximum Gasteiger partial charge on any atom is 0.344 e. The number of carbonyl (C=O) groups excluding carboxylic acids is 1. The van der Waals surface area contributed by atoms with Gasteiger partial charge in [-0.2, -0.15) is 4.31 Å². The van der Waals surface area contributed by atoms with Crippen LogP contribution in [0.4, 0.5) is 5.69 Å². The largest absolute Gasteiger partial charge is 0.493 e. The molecule has 0 fully saturated rings. The van der Waals surface area contributed by atoms with E-state index in [-0.39, 0.29) is 29.8 Å². The van der Waals surface area contributed by atoms with E-state index in [2.05, 4.69) is 0 Å². The van der Waals surface area contributed by atoms with E-state index in [1.165, 1.54) is 4.31 Å². The fraction of sp³-hybridized carbons (Fsp3) is 0.387. The summed E-state index contributed by atoms with van der Waals surface area (Å²) in [5.41, 5.74) is 9.57. The molecule has 8 nitrogen and oxygen atoms in total. The van der Waals surface area contributed by atoms with E-state index in [0.29, 0.717) is 46.9 Å². The SMILES string of the molecule is Cc1c(N)cccc1C(=O)[NH+](C)[C@@H](Cc1ccccc1)[C@H](O)CN(CC(C)C)S(=O)(=O)c1ccc2c(c1)CCO2. The van der Waals surface area contributed by atoms with Gasteiger partial charge in [-0.05, 0) is 59.9 Å². The summed E-state index contributed by atoms with van der Waals surface area (Å²) in [6.07, 6.45) is -0.0892. The van der Waals surface area contributed by atoms with Gasteiger partial charge in [-0.15, -0.1) is 0 Å². The van der Waals surface area contributed by atoms with E-state index >= 15 is 0 Å². The molecule has 4 N–H and O–H groups in total. The Labute approximate surface area is 237 Å². The molecule has 1 amide bonds. The maximum absolute atomic E-state index is 13.9. The average molecular weight is 567 g/mol. The first kappa shape index (κ1) is 29.7. The number of carbonyl (C=O) groups is 1. The minimum Gasteiger partial charge on any atom is -0.493 e. The van der Waals surface area contributed by atoms with E-state index in [0.717, 1.165) is 11.1 Å². The van der Waals surface area contributed by atoms with Gasteiger partial charge in [0.05, 0.1) is 24.1 Å². The first-order valence-corrected chi connectivity index (χ1v) is 15.1. The number of benzene rings is 3. The molecule has 1 aliphatic rings. The van der Waals surface area contributed by atoms with Gasteiger partial charge in [0.1, 0.15) is 17.9 Å². The van der Waals surface area contributed by atoms with Gasteiger partial charge in [-0.1, -0.05) is 50.2 Å². The van der Waals surface area contributed by atoms with E-state index in [1.54, 1.807) is 50.4 Å². The van der Waals surface area contributed by atoms with Gasteiger partial charge >= 0.3 is 5.91 Å². The molecule has 0 aliphatic carbocycles. The first-order valence-electron chi connectivity index (χ1n) is 13.7. The lowest BCUT2D eigenvalue weighted by Gasteiger charge is -2.32. The number of sulfonamides is 1. The van der Waals surface area contributed by atoms with Crippen LogP contribution in [0.1, 0.15) is 40.9 Å². The molecular weight excluding hydrogens is 526 g/mol. The van der Waals surface area contributed by atoms with Crippen molar-refractivity contribution >= 4 is 21.6 Å². The highest BCUT2D eigenvalue weighted by Gasteiger charge is 2.37. The second kappa shape index (κ2) is 12.5. The number of hydrogen-bond donors (Lipinski definition) is 3. The third-order valence-corrected chi connectivity index (χ3v) is 9.38. The smallest absolute Gasteiger partial charge is 0.344 e. The highest BCUT2D eigenvalue weighted by atomic mass is 32.2. The quantitative estimate of drug-likeness (QED) is 0.308. The van der Waals surface area contributed by atoms with Crippen molar-refractivity contribution in [3.8, 4) is 5.75 Å². The Morgan fingerprint density at radius 2 is 1.80 bits per heavy atom. The fourth-order valence-electron chi connectivity index (χ4n) is 5.21. The number of nitrogen functional groups attached to an aromatic ring is 1. The van der Waals surface area contributed by atoms with Crippen LogP contribution in [-0.4, -0.2) is 62.6 Å². The van der Waals surface area contributed by atoms with Gasteiger partial charge in [-0.25, -0.2) is 13.2 Å². The van der Waals surface area contributed by atoms with Crippen molar-refractivity contribution in [2.24, 2.45) is 5.92 Å². The molecule has 0 radical (unpaired) electrons. The molecule has 1 heterocycles. The van der Waals surface area contributed by atoms with Crippen LogP contribution in [0.15, 0.2) is 71.6 Å². The highest BCUT2D eigenvalue weighted by Crippen LogP contribution is 2.29. The normalized spacial score (nSPS) is 15.5. The number of amides is 1. The molecule has 1 aliphatic heterocycles. The number of anilines is 1. The summed E-state index contributed by atoms with van der Waals surface area (Å²) in [7, 11) is -2.20. The van der Waals surface area contributed by atoms with Gasteiger partial charge in [-0.3, -0.25) is 4.90 Å². The molecule has 0 aromatic heterocycles. The fourth-order valence-corrected chi connectivity index (χ4v) is 6.89. The van der Waals surface area contributed by atoms with Crippen molar-refractivity contribution in [2.75, 3.05) is 32.5 Å². The molecule has 1 unspecified atom stereocenters. The Morgan fingerprint density at radius 3 is 2.50 bits per heavy atom. The summed E-state index contributed by atoms with van der Waals surface area (Å²) >= 11 is 0. The summed E-state index contributed by atoms with van der Waals surface area (Å²) in [6.45, 7) is 6.30. The average Bonchev–Trinajstić information content (AvgIpc) is 3.40. The summed E-state index contributed by atoms with van der Waals surface area (Å²) < 4.78 is 34.7. The van der Waals surface area contributed by atoms with Crippen LogP contribution in [0.3, 0.4) is 0 Å². The lowest BCUT2D eigenvalue weighted by molar-refractivity contribution is -0.825. The number of quaternary nitrogens is 1. The maximum atomic E-state index is 13.9. The number of hydrogen-bond acceptors (Lipinski definition) is 6. The molecule has 3 atom stereocenters. The van der Waals surface area contributed by atoms with Crippen molar-refractivity contribution in [3.63, 3.8) is 0 Å². The molecule has 3 aromatic rings. The topological polar surface area (TPSA) is 114 Å². The standard InChI is InChI=1S/C31H39N3O5S/c1-21(2)19-34(40(37,38)25-13-14-30-24(18-25)15-16-39-30)20-29(35)28(17-23-9-6-5-7-10-23)33(4)31(36)26-11-8-12-27(32)22(26)3/h5-14,18,21,28-29,35H,15-17,19-20,32H2,1-4H3/p+1/t28-,29+/m0/s1. The molecule has 3 aromatic carbocycles. The van der Waals surface area contributed by atoms with Crippen molar-refractivity contribution in [1.29, 1.82) is 0 Å². The summed E-state index contributed by atoms with van der Waals surface area (Å²) in [4.78, 5) is 14.3. The molecule has 0 spiro atoms. The summed E-state index contributed by atoms with van der Waals surface area (Å²) in [5, 5.41) is 11.7. The summed E-state index contributed by atoms with van der Waals surface area (Å²) in [6, 6.07) is 19.1. The van der Waals surface area contributed by atoms with Crippen LogP contribution >= 0.6 is 0 Å². The number of aliphatic hydroxyl groups excluding tert-OH is 1. The van der Waals surface area contributed by atoms with Crippen molar-refractivity contribution in [1.82, 2.24) is 4.31 Å². The third-order valence-electron chi connectivity index (χ3n) is 7.56. The number of likely N-dealkylation sites (N-methyl/N-ethyl adjacent to an activating group) is 1. The second-order valence-corrected chi connectivity index (χ2v) is 12.9. The van der Waals surface area contributed by atoms with Gasteiger partial charge < -0.3 is 15.6 Å². The van der Waals surface area contributed by atoms with Crippen LogP contribution in [0.5, 0.6) is 5.75 Å². The Balaban J connectivity index is 1.66. The van der Waals surface area contributed by atoms with Crippen molar-refractivity contribution < 1.29 is 28.0 Å². The molecule has 40 heavy (non-hydrogen) atoms. The molecule has 9 heteroatoms. The zero-order valence-corrected chi connectivity index (χ0v) is 24.4. The number of rotatable bonds is 11. The monoisotopic (exact) mass is 566 g/mol. The molecular formula is C31H40N3O5S+. The van der Waals surface area contributed by atoms with Crippen LogP contribution in [0.2, 0.25) is 0 Å². The molecule has 0 saturated carbocycles. The number of ether oxygens (including phenoxy) is 1. The second-order valence-electron chi connectivity index (χ2n) is 11.0. The highest BCUT2D eigenvalue weighted by molar-refractivity contribution is 7.89. The number of nitrogens with zero attached hydrogens (tertiary/aromatic N) is 1. The molecule has 4 rings (SSSR count). The number of nitrogens with two attached hydrogens (primary N) is 1. The Hall–Kier alpha value is -3.24. The summed E-state index contributed by atoms with van der Waals surface area (Å²) in [5.74, 6) is 0.522. The van der Waals surface area contributed by atoms with Crippen LogP contribution in [-0.2, 0) is 22.9 Å². The van der Waals surface area contributed by atoms with Gasteiger partial charge in [0.2, 0.25) is 10.0 Å². The Morgan fingerprint density at radius 1 is 1.07 bits per heavy atom. The van der Waals surface area contributed by atoms with Gasteiger partial charge in [0.15, 0.2) is 0 Å². The van der Waals surface area contributed by atoms with Crippen molar-refractivity contribution in [3.05, 3.63) is 89.0 Å². The van der Waals surface area contributed by atoms with Crippen LogP contribution < -0.4 is 15.4 Å². The zero-order chi connectivity index (χ0) is 29.0. The van der Waals surface area contributed by atoms with Crippen LogP contribution in [0, 0.1) is 12.8 Å². The molecule has 214 valence electrons. The first-order chi connectivity index (χ1) is 19.0. The predicted molar refractivity (Wildman–Crippen MR) is 156 cm³/mol. The number of nitrogens with one attached hydrogen (secondary N) is 1. The van der Waals surface area contributed by atoms with E-state index in [9.17, 15) is 18.3 Å². The number of aliphatic hydroxyl groups is 1. The lowest BCUT2D eigenvalue weighted by Crippen LogP contribution is -3.17. The van der Waals surface area contributed by atoms with Crippen molar-refractivity contribution in [2.45, 2.75) is 50.7 Å². The lowest BCUT2D eigenvalue weighted by atomic mass is 9.98.